The van der Waals surface area contributed by atoms with E-state index in [1.165, 1.54) is 5.57 Å². The normalized spacial score (nSPS) is 14.5. The van der Waals surface area contributed by atoms with Crippen molar-refractivity contribution in [3.63, 3.8) is 0 Å². The molecule has 0 saturated carbocycles. The van der Waals surface area contributed by atoms with Gasteiger partial charge in [0.1, 0.15) is 5.76 Å². The Morgan fingerprint density at radius 1 is 1.44 bits per heavy atom. The van der Waals surface area contributed by atoms with Crippen LogP contribution in [0.1, 0.15) is 52.3 Å². The van der Waals surface area contributed by atoms with Crippen LogP contribution in [0.3, 0.4) is 0 Å². The van der Waals surface area contributed by atoms with E-state index in [1.54, 1.807) is 6.26 Å². The van der Waals surface area contributed by atoms with E-state index in [1.807, 2.05) is 12.1 Å². The van der Waals surface area contributed by atoms with Crippen LogP contribution in [0.4, 0.5) is 0 Å². The molecule has 2 unspecified atom stereocenters. The van der Waals surface area contributed by atoms with Crippen LogP contribution in [0, 0.1) is 0 Å². The van der Waals surface area contributed by atoms with Gasteiger partial charge in [-0.3, -0.25) is 0 Å². The van der Waals surface area contributed by atoms with E-state index in [2.05, 4.69) is 39.1 Å². The molecule has 0 aliphatic rings. The van der Waals surface area contributed by atoms with Gasteiger partial charge in [0.05, 0.1) is 12.3 Å². The molecule has 0 aromatic carbocycles. The first-order chi connectivity index (χ1) is 7.59. The highest BCUT2D eigenvalue weighted by atomic mass is 16.3. The molecule has 16 heavy (non-hydrogen) atoms. The summed E-state index contributed by atoms with van der Waals surface area (Å²) in [6.07, 6.45) is 6.31. The quantitative estimate of drug-likeness (QED) is 0.733. The number of nitrogens with one attached hydrogen (secondary N) is 1. The largest absolute Gasteiger partial charge is 0.468 e. The second-order valence-corrected chi connectivity index (χ2v) is 4.66. The summed E-state index contributed by atoms with van der Waals surface area (Å²) in [6, 6.07) is 4.74. The lowest BCUT2D eigenvalue weighted by Gasteiger charge is -2.17. The zero-order valence-corrected chi connectivity index (χ0v) is 10.8. The van der Waals surface area contributed by atoms with Crippen molar-refractivity contribution in [2.45, 2.75) is 52.6 Å². The summed E-state index contributed by atoms with van der Waals surface area (Å²) in [7, 11) is 0. The van der Waals surface area contributed by atoms with Crippen molar-refractivity contribution in [2.75, 3.05) is 0 Å². The molecule has 0 aliphatic heterocycles. The first-order valence-corrected chi connectivity index (χ1v) is 6.02. The highest BCUT2D eigenvalue weighted by Crippen LogP contribution is 2.14. The van der Waals surface area contributed by atoms with Crippen molar-refractivity contribution in [3.8, 4) is 0 Å². The highest BCUT2D eigenvalue weighted by Gasteiger charge is 2.10. The van der Waals surface area contributed by atoms with Crippen LogP contribution in [0.2, 0.25) is 0 Å². The van der Waals surface area contributed by atoms with Crippen molar-refractivity contribution in [1.29, 1.82) is 0 Å². The summed E-state index contributed by atoms with van der Waals surface area (Å²) in [5, 5.41) is 3.53. The summed E-state index contributed by atoms with van der Waals surface area (Å²) in [4.78, 5) is 0. The Morgan fingerprint density at radius 3 is 2.75 bits per heavy atom. The van der Waals surface area contributed by atoms with Gasteiger partial charge in [-0.05, 0) is 52.7 Å². The molecule has 0 amide bonds. The molecular weight excluding hydrogens is 198 g/mol. The molecule has 1 aromatic heterocycles. The number of allylic oxidation sites excluding steroid dienone is 2. The predicted octanol–water partition coefficient (Wildman–Crippen LogP) is 4.07. The lowest BCUT2D eigenvalue weighted by Crippen LogP contribution is -2.28. The zero-order valence-electron chi connectivity index (χ0n) is 10.8. The molecule has 0 fully saturated rings. The molecular formula is C14H23NO. The second kappa shape index (κ2) is 6.54. The van der Waals surface area contributed by atoms with Crippen molar-refractivity contribution in [2.24, 2.45) is 0 Å². The van der Waals surface area contributed by atoms with Crippen LogP contribution >= 0.6 is 0 Å². The number of rotatable bonds is 6. The second-order valence-electron chi connectivity index (χ2n) is 4.66. The monoisotopic (exact) mass is 221 g/mol. The smallest absolute Gasteiger partial charge is 0.120 e. The Morgan fingerprint density at radius 2 is 2.19 bits per heavy atom. The molecule has 1 heterocycles. The molecule has 1 aromatic rings. The van der Waals surface area contributed by atoms with E-state index in [0.717, 1.165) is 18.6 Å². The maximum Gasteiger partial charge on any atom is 0.120 e. The average molecular weight is 221 g/mol. The fourth-order valence-electron chi connectivity index (χ4n) is 1.75. The zero-order chi connectivity index (χ0) is 12.0. The third-order valence-electron chi connectivity index (χ3n) is 2.66. The van der Waals surface area contributed by atoms with Crippen LogP contribution in [-0.4, -0.2) is 6.04 Å². The van der Waals surface area contributed by atoms with Gasteiger partial charge in [0.15, 0.2) is 0 Å². The standard InChI is InChI=1S/C14H23NO/c1-11(2)7-5-8-12(3)15-13(4)14-9-6-10-16-14/h6-7,9-10,12-13,15H,5,8H2,1-4H3. The van der Waals surface area contributed by atoms with Crippen LogP contribution in [-0.2, 0) is 0 Å². The van der Waals surface area contributed by atoms with Gasteiger partial charge in [-0.2, -0.15) is 0 Å². The van der Waals surface area contributed by atoms with Gasteiger partial charge in [0.2, 0.25) is 0 Å². The van der Waals surface area contributed by atoms with Crippen molar-refractivity contribution in [3.05, 3.63) is 35.8 Å². The Labute approximate surface area is 98.7 Å². The van der Waals surface area contributed by atoms with Gasteiger partial charge in [0, 0.05) is 6.04 Å². The van der Waals surface area contributed by atoms with E-state index in [4.69, 9.17) is 4.42 Å². The number of hydrogen-bond acceptors (Lipinski definition) is 2. The SMILES string of the molecule is CC(C)=CCCC(C)NC(C)c1ccco1. The predicted molar refractivity (Wildman–Crippen MR) is 68.4 cm³/mol. The van der Waals surface area contributed by atoms with E-state index in [0.29, 0.717) is 6.04 Å². The molecule has 2 nitrogen and oxygen atoms in total. The molecule has 2 heteroatoms. The van der Waals surface area contributed by atoms with Crippen molar-refractivity contribution in [1.82, 2.24) is 5.32 Å². The minimum atomic E-state index is 0.289. The highest BCUT2D eigenvalue weighted by molar-refractivity contribution is 5.03. The van der Waals surface area contributed by atoms with Gasteiger partial charge >= 0.3 is 0 Å². The number of furan rings is 1. The molecule has 0 spiro atoms. The molecule has 1 rings (SSSR count). The molecule has 1 N–H and O–H groups in total. The van der Waals surface area contributed by atoms with E-state index in [9.17, 15) is 0 Å². The Hall–Kier alpha value is -1.02. The Kier molecular flexibility index (Phi) is 5.33. The van der Waals surface area contributed by atoms with Crippen molar-refractivity contribution < 1.29 is 4.42 Å². The van der Waals surface area contributed by atoms with Crippen LogP contribution in [0.25, 0.3) is 0 Å². The third-order valence-corrected chi connectivity index (χ3v) is 2.66. The fraction of sp³-hybridized carbons (Fsp3) is 0.571. The van der Waals surface area contributed by atoms with Gasteiger partial charge in [-0.1, -0.05) is 11.6 Å². The third kappa shape index (κ3) is 4.67. The van der Waals surface area contributed by atoms with Crippen LogP contribution in [0.5, 0.6) is 0 Å². The van der Waals surface area contributed by atoms with Gasteiger partial charge in [-0.25, -0.2) is 0 Å². The lowest BCUT2D eigenvalue weighted by atomic mass is 10.1. The maximum absolute atomic E-state index is 5.36. The lowest BCUT2D eigenvalue weighted by molar-refractivity contribution is 0.389. The van der Waals surface area contributed by atoms with Crippen molar-refractivity contribution >= 4 is 0 Å². The summed E-state index contributed by atoms with van der Waals surface area (Å²) in [6.45, 7) is 8.64. The van der Waals surface area contributed by atoms with Gasteiger partial charge in [0.25, 0.3) is 0 Å². The summed E-state index contributed by atoms with van der Waals surface area (Å²) in [5.41, 5.74) is 1.39. The summed E-state index contributed by atoms with van der Waals surface area (Å²) < 4.78 is 5.36. The molecule has 0 aliphatic carbocycles. The van der Waals surface area contributed by atoms with Crippen LogP contribution in [0.15, 0.2) is 34.5 Å². The topological polar surface area (TPSA) is 25.2 Å². The van der Waals surface area contributed by atoms with E-state index in [-0.39, 0.29) is 6.04 Å². The van der Waals surface area contributed by atoms with Gasteiger partial charge in [-0.15, -0.1) is 0 Å². The summed E-state index contributed by atoms with van der Waals surface area (Å²) in [5.74, 6) is 1.01. The van der Waals surface area contributed by atoms with E-state index < -0.39 is 0 Å². The molecule has 2 atom stereocenters. The fourth-order valence-corrected chi connectivity index (χ4v) is 1.75. The molecule has 0 bridgehead atoms. The molecule has 0 saturated heterocycles. The minimum absolute atomic E-state index is 0.289. The number of hydrogen-bond donors (Lipinski definition) is 1. The first kappa shape index (κ1) is 13.0. The maximum atomic E-state index is 5.36. The molecule has 90 valence electrons. The Balaban J connectivity index is 2.29. The Bertz CT molecular complexity index is 309. The minimum Gasteiger partial charge on any atom is -0.468 e. The summed E-state index contributed by atoms with van der Waals surface area (Å²) >= 11 is 0. The van der Waals surface area contributed by atoms with Gasteiger partial charge < -0.3 is 9.73 Å². The average Bonchev–Trinajstić information content (AvgIpc) is 2.69. The van der Waals surface area contributed by atoms with E-state index >= 15 is 0 Å². The molecule has 0 radical (unpaired) electrons. The van der Waals surface area contributed by atoms with Crippen LogP contribution < -0.4 is 5.32 Å². The first-order valence-electron chi connectivity index (χ1n) is 6.02.